The normalized spacial score (nSPS) is 13.4. The molecule has 140 valence electrons. The Morgan fingerprint density at radius 3 is 2.00 bits per heavy atom. The lowest BCUT2D eigenvalue weighted by Gasteiger charge is -2.37. The zero-order chi connectivity index (χ0) is 19.4. The number of hydrogen-bond donors (Lipinski definition) is 2. The Kier molecular flexibility index (Phi) is 6.42. The standard InChI is InChI=1S/C18H27NO6/c1-17(2,3)19(25-16(23)24-18(4,5)6)14(15(21)22)11-12-7-9-13(20)10-8-12/h7-10,14,20H,11H2,1-6H3,(H,21,22)/t14-/m0/s1. The van der Waals surface area contributed by atoms with Crippen LogP contribution in [0.15, 0.2) is 24.3 Å². The first-order valence-electron chi connectivity index (χ1n) is 8.00. The molecule has 7 nitrogen and oxygen atoms in total. The summed E-state index contributed by atoms with van der Waals surface area (Å²) < 4.78 is 5.13. The fourth-order valence-electron chi connectivity index (χ4n) is 2.14. The van der Waals surface area contributed by atoms with Gasteiger partial charge in [0.15, 0.2) is 0 Å². The van der Waals surface area contributed by atoms with Gasteiger partial charge in [-0.05, 0) is 59.2 Å². The van der Waals surface area contributed by atoms with Gasteiger partial charge in [-0.3, -0.25) is 4.79 Å². The monoisotopic (exact) mass is 353 g/mol. The van der Waals surface area contributed by atoms with E-state index < -0.39 is 29.3 Å². The lowest BCUT2D eigenvalue weighted by molar-refractivity contribution is -0.216. The largest absolute Gasteiger partial charge is 0.528 e. The van der Waals surface area contributed by atoms with Crippen LogP contribution in [0.4, 0.5) is 4.79 Å². The minimum atomic E-state index is -1.13. The third-order valence-electron chi connectivity index (χ3n) is 3.16. The number of phenols is 1. The second-order valence-electron chi connectivity index (χ2n) is 7.78. The van der Waals surface area contributed by atoms with Crippen molar-refractivity contribution in [2.75, 3.05) is 0 Å². The van der Waals surface area contributed by atoms with Crippen LogP contribution in [0.2, 0.25) is 0 Å². The second kappa shape index (κ2) is 7.74. The number of phenolic OH excluding ortho intramolecular Hbond substituents is 1. The van der Waals surface area contributed by atoms with E-state index in [4.69, 9.17) is 9.57 Å². The molecule has 0 spiro atoms. The van der Waals surface area contributed by atoms with Gasteiger partial charge < -0.3 is 19.8 Å². The number of benzene rings is 1. The maximum absolute atomic E-state index is 12.0. The number of carbonyl (C=O) groups is 2. The number of rotatable bonds is 5. The second-order valence-corrected chi connectivity index (χ2v) is 7.78. The van der Waals surface area contributed by atoms with Gasteiger partial charge in [0.25, 0.3) is 0 Å². The molecular weight excluding hydrogens is 326 g/mol. The Hall–Kier alpha value is -2.28. The molecule has 1 atom stereocenters. The van der Waals surface area contributed by atoms with Crippen LogP contribution in [0.1, 0.15) is 47.1 Å². The number of aromatic hydroxyl groups is 1. The number of carboxylic acid groups (broad SMARTS) is 1. The van der Waals surface area contributed by atoms with E-state index in [1.54, 1.807) is 53.7 Å². The number of carbonyl (C=O) groups excluding carboxylic acids is 1. The van der Waals surface area contributed by atoms with Gasteiger partial charge in [-0.25, -0.2) is 4.79 Å². The number of ether oxygens (including phenoxy) is 1. The SMILES string of the molecule is CC(C)(C)OC(=O)ON([C@@H](Cc1ccc(O)cc1)C(=O)O)C(C)(C)C. The van der Waals surface area contributed by atoms with Crippen LogP contribution in [0, 0.1) is 0 Å². The molecule has 0 unspecified atom stereocenters. The Morgan fingerprint density at radius 2 is 1.60 bits per heavy atom. The zero-order valence-corrected chi connectivity index (χ0v) is 15.6. The molecule has 0 aliphatic rings. The smallest absolute Gasteiger partial charge is 0.508 e. The van der Waals surface area contributed by atoms with Gasteiger partial charge in [-0.1, -0.05) is 12.1 Å². The van der Waals surface area contributed by atoms with Crippen molar-refractivity contribution in [2.45, 2.75) is 65.1 Å². The highest BCUT2D eigenvalue weighted by Gasteiger charge is 2.38. The highest BCUT2D eigenvalue weighted by molar-refractivity contribution is 5.74. The van der Waals surface area contributed by atoms with Crippen LogP contribution in [-0.2, 0) is 20.8 Å². The van der Waals surface area contributed by atoms with Gasteiger partial charge in [0, 0.05) is 12.0 Å². The Labute approximate surface area is 148 Å². The maximum atomic E-state index is 12.0. The number of hydrogen-bond acceptors (Lipinski definition) is 6. The molecule has 0 amide bonds. The number of hydroxylamine groups is 2. The summed E-state index contributed by atoms with van der Waals surface area (Å²) in [5.74, 6) is -1.04. The molecule has 0 aliphatic heterocycles. The van der Waals surface area contributed by atoms with E-state index in [1.165, 1.54) is 12.1 Å². The molecule has 0 aromatic heterocycles. The van der Waals surface area contributed by atoms with E-state index >= 15 is 0 Å². The van der Waals surface area contributed by atoms with Crippen molar-refractivity contribution in [1.29, 1.82) is 0 Å². The lowest BCUT2D eigenvalue weighted by atomic mass is 10.0. The highest BCUT2D eigenvalue weighted by atomic mass is 16.8. The van der Waals surface area contributed by atoms with Crippen LogP contribution in [0.3, 0.4) is 0 Å². The van der Waals surface area contributed by atoms with Crippen molar-refractivity contribution in [2.24, 2.45) is 0 Å². The lowest BCUT2D eigenvalue weighted by Crippen LogP contribution is -2.53. The van der Waals surface area contributed by atoms with Crippen LogP contribution < -0.4 is 0 Å². The molecule has 25 heavy (non-hydrogen) atoms. The molecule has 0 saturated carbocycles. The third-order valence-corrected chi connectivity index (χ3v) is 3.16. The van der Waals surface area contributed by atoms with Crippen molar-refractivity contribution in [3.8, 4) is 5.75 Å². The van der Waals surface area contributed by atoms with Gasteiger partial charge in [-0.2, -0.15) is 0 Å². The summed E-state index contributed by atoms with van der Waals surface area (Å²) >= 11 is 0. The van der Waals surface area contributed by atoms with E-state index in [9.17, 15) is 19.8 Å². The summed E-state index contributed by atoms with van der Waals surface area (Å²) in [5.41, 5.74) is -0.833. The van der Waals surface area contributed by atoms with E-state index in [2.05, 4.69) is 0 Å². The van der Waals surface area contributed by atoms with Crippen molar-refractivity contribution < 1.29 is 29.4 Å². The molecule has 0 radical (unpaired) electrons. The minimum Gasteiger partial charge on any atom is -0.508 e. The molecule has 0 heterocycles. The average Bonchev–Trinajstić information content (AvgIpc) is 2.41. The van der Waals surface area contributed by atoms with Gasteiger partial charge in [-0.15, -0.1) is 5.06 Å². The van der Waals surface area contributed by atoms with E-state index in [1.807, 2.05) is 0 Å². The molecule has 1 rings (SSSR count). The summed E-state index contributed by atoms with van der Waals surface area (Å²) in [6, 6.07) is 5.09. The first kappa shape index (κ1) is 20.8. The Bertz CT molecular complexity index is 597. The number of carboxylic acids is 1. The van der Waals surface area contributed by atoms with Gasteiger partial charge in [0.1, 0.15) is 17.4 Å². The van der Waals surface area contributed by atoms with E-state index in [-0.39, 0.29) is 12.2 Å². The summed E-state index contributed by atoms with van der Waals surface area (Å²) in [6.45, 7) is 10.3. The van der Waals surface area contributed by atoms with Gasteiger partial charge in [0.2, 0.25) is 0 Å². The molecule has 0 aliphatic carbocycles. The molecule has 1 aromatic carbocycles. The average molecular weight is 353 g/mol. The zero-order valence-electron chi connectivity index (χ0n) is 15.6. The molecule has 0 bridgehead atoms. The molecule has 0 saturated heterocycles. The van der Waals surface area contributed by atoms with Gasteiger partial charge >= 0.3 is 12.1 Å². The maximum Gasteiger partial charge on any atom is 0.528 e. The molecular formula is C18H27NO6. The number of nitrogens with zero attached hydrogens (tertiary/aromatic N) is 1. The Balaban J connectivity index is 3.04. The van der Waals surface area contributed by atoms with Crippen LogP contribution in [0.25, 0.3) is 0 Å². The molecule has 7 heteroatoms. The Morgan fingerprint density at radius 1 is 1.08 bits per heavy atom. The predicted octanol–water partition coefficient (Wildman–Crippen LogP) is 3.36. The van der Waals surface area contributed by atoms with Crippen LogP contribution >= 0.6 is 0 Å². The van der Waals surface area contributed by atoms with Crippen LogP contribution in [-0.4, -0.2) is 44.6 Å². The van der Waals surface area contributed by atoms with Crippen molar-refractivity contribution in [3.05, 3.63) is 29.8 Å². The molecule has 1 aromatic rings. The fourth-order valence-corrected chi connectivity index (χ4v) is 2.14. The van der Waals surface area contributed by atoms with Crippen molar-refractivity contribution in [3.63, 3.8) is 0 Å². The van der Waals surface area contributed by atoms with Gasteiger partial charge in [0.05, 0.1) is 0 Å². The molecule has 2 N–H and O–H groups in total. The molecule has 0 fully saturated rings. The predicted molar refractivity (Wildman–Crippen MR) is 92.1 cm³/mol. The van der Waals surface area contributed by atoms with E-state index in [0.717, 1.165) is 5.06 Å². The summed E-state index contributed by atoms with van der Waals surface area (Å²) in [4.78, 5) is 29.1. The fraction of sp³-hybridized carbons (Fsp3) is 0.556. The van der Waals surface area contributed by atoms with Crippen LogP contribution in [0.5, 0.6) is 5.75 Å². The number of aliphatic carboxylic acids is 1. The first-order valence-corrected chi connectivity index (χ1v) is 8.00. The quantitative estimate of drug-likeness (QED) is 0.619. The van der Waals surface area contributed by atoms with Crippen molar-refractivity contribution >= 4 is 12.1 Å². The minimum absolute atomic E-state index is 0.0910. The summed E-state index contributed by atoms with van der Waals surface area (Å²) in [7, 11) is 0. The van der Waals surface area contributed by atoms with E-state index in [0.29, 0.717) is 5.56 Å². The summed E-state index contributed by atoms with van der Waals surface area (Å²) in [5, 5.41) is 20.1. The summed E-state index contributed by atoms with van der Waals surface area (Å²) in [6.07, 6.45) is -0.866. The third kappa shape index (κ3) is 7.01. The highest BCUT2D eigenvalue weighted by Crippen LogP contribution is 2.23. The van der Waals surface area contributed by atoms with Crippen molar-refractivity contribution in [1.82, 2.24) is 5.06 Å². The topological polar surface area (TPSA) is 96.3 Å². The first-order chi connectivity index (χ1) is 11.3.